The number of amides is 1. The van der Waals surface area contributed by atoms with E-state index in [0.717, 1.165) is 6.07 Å². The Kier molecular flexibility index (Phi) is 6.15. The number of methoxy groups -OCH3 is 2. The number of nitrogens with one attached hydrogen (secondary N) is 1. The van der Waals surface area contributed by atoms with Crippen LogP contribution in [0.2, 0.25) is 0 Å². The first kappa shape index (κ1) is 24.1. The maximum absolute atomic E-state index is 15.0. The molecule has 1 N–H and O–H groups in total. The largest absolute Gasteiger partial charge is 0.480 e. The fourth-order valence-corrected chi connectivity index (χ4v) is 3.94. The third-order valence-electron chi connectivity index (χ3n) is 5.68. The molecule has 0 radical (unpaired) electrons. The third kappa shape index (κ3) is 4.64. The highest BCUT2D eigenvalue weighted by Gasteiger charge is 2.51. The lowest BCUT2D eigenvalue weighted by Crippen LogP contribution is -2.37. The molecular weight excluding hydrogens is 495 g/mol. The summed E-state index contributed by atoms with van der Waals surface area (Å²) in [4.78, 5) is 26.1. The quantitative estimate of drug-likeness (QED) is 0.412. The first-order valence-electron chi connectivity index (χ1n) is 10.9. The molecule has 192 valence electrons. The number of anilines is 2. The number of rotatable bonds is 6. The van der Waals surface area contributed by atoms with Gasteiger partial charge in [-0.1, -0.05) is 12.1 Å². The van der Waals surface area contributed by atoms with E-state index in [9.17, 15) is 18.0 Å². The van der Waals surface area contributed by atoms with E-state index in [1.54, 1.807) is 12.3 Å². The summed E-state index contributed by atoms with van der Waals surface area (Å²) in [6.07, 6.45) is 1.48. The Morgan fingerprint density at radius 3 is 2.76 bits per heavy atom. The van der Waals surface area contributed by atoms with Gasteiger partial charge in [-0.15, -0.1) is 0 Å². The summed E-state index contributed by atoms with van der Waals surface area (Å²) in [7, 11) is 2.82. The van der Waals surface area contributed by atoms with Crippen molar-refractivity contribution < 1.29 is 32.2 Å². The number of alkyl halides is 2. The molecule has 1 fully saturated rings. The molecule has 1 aliphatic heterocycles. The van der Waals surface area contributed by atoms with Crippen molar-refractivity contribution in [1.82, 2.24) is 24.6 Å². The summed E-state index contributed by atoms with van der Waals surface area (Å²) in [5.74, 6) is -3.95. The Morgan fingerprint density at radius 2 is 2.00 bits per heavy atom. The van der Waals surface area contributed by atoms with Crippen LogP contribution in [0.5, 0.6) is 11.9 Å². The highest BCUT2D eigenvalue weighted by atomic mass is 19.3. The lowest BCUT2D eigenvalue weighted by molar-refractivity contribution is -0.0735. The predicted molar refractivity (Wildman–Crippen MR) is 125 cm³/mol. The molecule has 3 aromatic heterocycles. The molecule has 1 unspecified atom stereocenters. The minimum absolute atomic E-state index is 0.0809. The van der Waals surface area contributed by atoms with Crippen molar-refractivity contribution in [2.45, 2.75) is 12.0 Å². The Hall–Kier alpha value is -4.62. The number of carbonyl (C=O) groups excluding carboxylic acids is 1. The second-order valence-electron chi connectivity index (χ2n) is 8.03. The molecule has 0 bridgehead atoms. The van der Waals surface area contributed by atoms with Gasteiger partial charge in [0.2, 0.25) is 5.88 Å². The van der Waals surface area contributed by atoms with Crippen LogP contribution < -0.4 is 19.7 Å². The van der Waals surface area contributed by atoms with Gasteiger partial charge in [0.25, 0.3) is 0 Å². The molecule has 5 rings (SSSR count). The third-order valence-corrected chi connectivity index (χ3v) is 5.68. The molecule has 4 heterocycles. The van der Waals surface area contributed by atoms with Gasteiger partial charge in [-0.25, -0.2) is 32.4 Å². The molecule has 0 saturated carbocycles. The van der Waals surface area contributed by atoms with Gasteiger partial charge in [-0.2, -0.15) is 10.1 Å². The number of carbonyl (C=O) groups is 1. The fraction of sp³-hybridized carbons (Fsp3) is 0.261. The molecule has 14 heteroatoms. The molecule has 1 saturated heterocycles. The molecule has 4 aromatic rings. The maximum atomic E-state index is 15.0. The number of fused-ring (bicyclic) bond motifs is 1. The number of benzene rings is 1. The van der Waals surface area contributed by atoms with Crippen molar-refractivity contribution in [3.05, 3.63) is 54.7 Å². The Morgan fingerprint density at radius 1 is 1.19 bits per heavy atom. The molecule has 1 amide bonds. The van der Waals surface area contributed by atoms with Crippen molar-refractivity contribution >= 4 is 23.1 Å². The number of ether oxygens (including phenoxy) is 3. The lowest BCUT2D eigenvalue weighted by atomic mass is 10.2. The minimum atomic E-state index is -3.40. The Bertz CT molecular complexity index is 1470. The van der Waals surface area contributed by atoms with Crippen molar-refractivity contribution in [2.24, 2.45) is 0 Å². The summed E-state index contributed by atoms with van der Waals surface area (Å²) in [5.41, 5.74) is 1.16. The smallest absolute Gasteiger partial charge is 0.412 e. The number of para-hydroxylation sites is 1. The van der Waals surface area contributed by atoms with Gasteiger partial charge in [0, 0.05) is 18.6 Å². The number of nitrogens with zero attached hydrogens (tertiary/aromatic N) is 6. The van der Waals surface area contributed by atoms with Crippen LogP contribution in [0.25, 0.3) is 16.9 Å². The number of hydrogen-bond acceptors (Lipinski definition) is 9. The molecule has 0 spiro atoms. The van der Waals surface area contributed by atoms with E-state index < -0.39 is 30.5 Å². The van der Waals surface area contributed by atoms with Gasteiger partial charge < -0.3 is 19.1 Å². The van der Waals surface area contributed by atoms with Crippen molar-refractivity contribution in [2.75, 3.05) is 37.5 Å². The number of halogens is 3. The van der Waals surface area contributed by atoms with Crippen molar-refractivity contribution in [1.29, 1.82) is 0 Å². The standard InChI is InChI=1S/C23H20F3N7O4/c1-35-20-13(10-28-21(30-20)36-2)16-9-17(19-27-7-8-33(19)31-16)32-11-18(23(25,26)12-32)37-22(34)29-15-6-4-3-5-14(15)24/h3-10,18H,11-12H2,1-2H3,(H,29,34). The summed E-state index contributed by atoms with van der Waals surface area (Å²) in [5, 5.41) is 6.62. The van der Waals surface area contributed by atoms with E-state index in [0.29, 0.717) is 22.6 Å². The number of hydrogen-bond donors (Lipinski definition) is 1. The van der Waals surface area contributed by atoms with E-state index in [4.69, 9.17) is 14.2 Å². The van der Waals surface area contributed by atoms with Crippen LogP contribution in [0.15, 0.2) is 48.9 Å². The SMILES string of the molecule is COc1ncc(-c2cc(N3CC(OC(=O)Nc4ccccc4F)C(F)(F)C3)c3nccn3n2)c(OC)n1. The second-order valence-corrected chi connectivity index (χ2v) is 8.03. The van der Waals surface area contributed by atoms with Crippen LogP contribution in [0.4, 0.5) is 29.3 Å². The monoisotopic (exact) mass is 515 g/mol. The highest BCUT2D eigenvalue weighted by Crippen LogP contribution is 2.37. The normalized spacial score (nSPS) is 16.6. The average molecular weight is 515 g/mol. The van der Waals surface area contributed by atoms with E-state index in [-0.39, 0.29) is 24.1 Å². The van der Waals surface area contributed by atoms with Crippen molar-refractivity contribution in [3.8, 4) is 23.1 Å². The Balaban J connectivity index is 1.44. The summed E-state index contributed by atoms with van der Waals surface area (Å²) in [6.45, 7) is -1.10. The van der Waals surface area contributed by atoms with Gasteiger partial charge in [-0.05, 0) is 18.2 Å². The molecule has 11 nitrogen and oxygen atoms in total. The summed E-state index contributed by atoms with van der Waals surface area (Å²) in [6, 6.07) is 6.97. The van der Waals surface area contributed by atoms with Crippen LogP contribution in [0.3, 0.4) is 0 Å². The summed E-state index contributed by atoms with van der Waals surface area (Å²) < 4.78 is 60.5. The molecule has 1 aliphatic rings. The molecule has 1 atom stereocenters. The zero-order valence-corrected chi connectivity index (χ0v) is 19.6. The number of aromatic nitrogens is 5. The van der Waals surface area contributed by atoms with Gasteiger partial charge in [0.1, 0.15) is 11.5 Å². The van der Waals surface area contributed by atoms with Crippen LogP contribution in [0, 0.1) is 5.82 Å². The van der Waals surface area contributed by atoms with E-state index in [1.165, 1.54) is 54.2 Å². The highest BCUT2D eigenvalue weighted by molar-refractivity contribution is 5.85. The first-order valence-corrected chi connectivity index (χ1v) is 10.9. The second kappa shape index (κ2) is 9.44. The van der Waals surface area contributed by atoms with Gasteiger partial charge >= 0.3 is 18.0 Å². The van der Waals surface area contributed by atoms with Crippen LogP contribution in [-0.2, 0) is 4.74 Å². The van der Waals surface area contributed by atoms with Crippen molar-refractivity contribution in [3.63, 3.8) is 0 Å². The van der Waals surface area contributed by atoms with Gasteiger partial charge in [0.05, 0.1) is 44.2 Å². The number of imidazole rings is 1. The van der Waals surface area contributed by atoms with E-state index in [2.05, 4.69) is 25.4 Å². The molecule has 1 aromatic carbocycles. The first-order chi connectivity index (χ1) is 17.8. The fourth-order valence-electron chi connectivity index (χ4n) is 3.94. The Labute approximate surface area is 207 Å². The summed E-state index contributed by atoms with van der Waals surface area (Å²) >= 11 is 0. The minimum Gasteiger partial charge on any atom is -0.480 e. The van der Waals surface area contributed by atoms with Gasteiger partial charge in [0.15, 0.2) is 11.8 Å². The maximum Gasteiger partial charge on any atom is 0.412 e. The van der Waals surface area contributed by atoms with Crippen LogP contribution in [-0.4, -0.2) is 70.0 Å². The van der Waals surface area contributed by atoms with E-state index >= 15 is 0 Å². The van der Waals surface area contributed by atoms with Crippen LogP contribution >= 0.6 is 0 Å². The lowest BCUT2D eigenvalue weighted by Gasteiger charge is -2.19. The predicted octanol–water partition coefficient (Wildman–Crippen LogP) is 3.42. The molecule has 37 heavy (non-hydrogen) atoms. The van der Waals surface area contributed by atoms with E-state index in [1.807, 2.05) is 0 Å². The van der Waals surface area contributed by atoms with Crippen LogP contribution in [0.1, 0.15) is 0 Å². The average Bonchev–Trinajstić information content (AvgIpc) is 3.48. The van der Waals surface area contributed by atoms with Gasteiger partial charge in [-0.3, -0.25) is 5.32 Å². The molecular formula is C23H20F3N7O4. The zero-order chi connectivity index (χ0) is 26.2. The zero-order valence-electron chi connectivity index (χ0n) is 19.6. The topological polar surface area (TPSA) is 116 Å². The molecule has 0 aliphatic carbocycles.